The van der Waals surface area contributed by atoms with Crippen molar-refractivity contribution in [2.45, 2.75) is 25.7 Å². The van der Waals surface area contributed by atoms with Crippen molar-refractivity contribution in [3.05, 3.63) is 44.1 Å². The van der Waals surface area contributed by atoms with Gasteiger partial charge in [-0.1, -0.05) is 11.6 Å². The van der Waals surface area contributed by atoms with Crippen LogP contribution in [0.4, 0.5) is 0 Å². The van der Waals surface area contributed by atoms with E-state index in [0.29, 0.717) is 16.4 Å². The lowest BCUT2D eigenvalue weighted by atomic mass is 9.99. The first-order valence-corrected chi connectivity index (χ1v) is 9.12. The van der Waals surface area contributed by atoms with Gasteiger partial charge in [0.2, 0.25) is 6.79 Å². The Morgan fingerprint density at radius 2 is 1.84 bits per heavy atom. The molecule has 2 amide bonds. The molecule has 130 valence electrons. The van der Waals surface area contributed by atoms with Crippen molar-refractivity contribution in [2.75, 3.05) is 6.79 Å². The number of carbonyl (C=O) groups excluding carboxylic acids is 2. The summed E-state index contributed by atoms with van der Waals surface area (Å²) in [6, 6.07) is 4.91. The molecule has 4 rings (SSSR count). The molecule has 0 spiro atoms. The van der Waals surface area contributed by atoms with Crippen LogP contribution >= 0.6 is 22.9 Å². The van der Waals surface area contributed by atoms with Crippen LogP contribution in [0, 0.1) is 0 Å². The van der Waals surface area contributed by atoms with Crippen LogP contribution in [0.1, 0.15) is 43.3 Å². The second-order valence-electron chi connectivity index (χ2n) is 5.87. The summed E-state index contributed by atoms with van der Waals surface area (Å²) < 4.78 is 10.4. The van der Waals surface area contributed by atoms with Crippen LogP contribution in [0.2, 0.25) is 5.02 Å². The fourth-order valence-corrected chi connectivity index (χ4v) is 4.36. The van der Waals surface area contributed by atoms with Crippen molar-refractivity contribution in [3.63, 3.8) is 0 Å². The molecule has 0 saturated carbocycles. The van der Waals surface area contributed by atoms with Crippen molar-refractivity contribution in [1.29, 1.82) is 0 Å². The highest BCUT2D eigenvalue weighted by Crippen LogP contribution is 2.39. The Balaban J connectivity index is 1.42. The summed E-state index contributed by atoms with van der Waals surface area (Å²) in [5, 5.41) is 0.289. The third kappa shape index (κ3) is 3.17. The molecule has 0 saturated heterocycles. The van der Waals surface area contributed by atoms with Gasteiger partial charge in [-0.05, 0) is 49.4 Å². The zero-order valence-corrected chi connectivity index (χ0v) is 14.8. The number of benzene rings is 1. The van der Waals surface area contributed by atoms with Gasteiger partial charge in [0.1, 0.15) is 0 Å². The highest BCUT2D eigenvalue weighted by Gasteiger charge is 2.21. The first-order chi connectivity index (χ1) is 12.1. The van der Waals surface area contributed by atoms with Crippen molar-refractivity contribution in [3.8, 4) is 11.5 Å². The number of hydrogen-bond acceptors (Lipinski definition) is 5. The van der Waals surface area contributed by atoms with E-state index in [1.165, 1.54) is 33.9 Å². The smallest absolute Gasteiger partial charge is 0.279 e. The van der Waals surface area contributed by atoms with Gasteiger partial charge in [0.05, 0.1) is 9.90 Å². The second-order valence-corrected chi connectivity index (χ2v) is 7.41. The van der Waals surface area contributed by atoms with E-state index in [-0.39, 0.29) is 23.3 Å². The lowest BCUT2D eigenvalue weighted by Crippen LogP contribution is -2.41. The largest absolute Gasteiger partial charge is 0.454 e. The number of aryl methyl sites for hydroxylation is 2. The van der Waals surface area contributed by atoms with Crippen molar-refractivity contribution < 1.29 is 19.1 Å². The van der Waals surface area contributed by atoms with Gasteiger partial charge in [-0.15, -0.1) is 11.3 Å². The highest BCUT2D eigenvalue weighted by molar-refractivity contribution is 7.14. The summed E-state index contributed by atoms with van der Waals surface area (Å²) in [6.07, 6.45) is 4.36. The standard InChI is InChI=1S/C17H15ClN2O4S/c18-11-5-10(6-12-15(11)24-8-23-12)16(21)19-20-17(22)14-7-9-3-1-2-4-13(9)25-14/h5-7H,1-4,8H2,(H,19,21)(H,20,22). The van der Waals surface area contributed by atoms with E-state index in [1.54, 1.807) is 0 Å². The molecular weight excluding hydrogens is 364 g/mol. The third-order valence-electron chi connectivity index (χ3n) is 4.20. The molecular formula is C17H15ClN2O4S. The minimum absolute atomic E-state index is 0.0694. The normalized spacial score (nSPS) is 14.8. The molecule has 25 heavy (non-hydrogen) atoms. The lowest BCUT2D eigenvalue weighted by Gasteiger charge is -2.08. The number of thiophene rings is 1. The predicted octanol–water partition coefficient (Wildman–Crippen LogP) is 3.08. The van der Waals surface area contributed by atoms with E-state index in [1.807, 2.05) is 6.07 Å². The summed E-state index contributed by atoms with van der Waals surface area (Å²) >= 11 is 7.55. The summed E-state index contributed by atoms with van der Waals surface area (Å²) in [6.45, 7) is 0.0694. The van der Waals surface area contributed by atoms with E-state index < -0.39 is 5.91 Å². The Labute approximate surface area is 153 Å². The van der Waals surface area contributed by atoms with E-state index in [9.17, 15) is 9.59 Å². The fourth-order valence-electron chi connectivity index (χ4n) is 2.95. The molecule has 2 heterocycles. The monoisotopic (exact) mass is 378 g/mol. The zero-order valence-electron chi connectivity index (χ0n) is 13.2. The SMILES string of the molecule is O=C(NNC(=O)c1cc2c(s1)CCCC2)c1cc(Cl)c2c(c1)OCO2. The molecule has 0 atom stereocenters. The van der Waals surface area contributed by atoms with Crippen LogP contribution in [0.15, 0.2) is 18.2 Å². The summed E-state index contributed by atoms with van der Waals surface area (Å²) in [5.41, 5.74) is 6.38. The number of nitrogens with one attached hydrogen (secondary N) is 2. The molecule has 2 aliphatic rings. The predicted molar refractivity (Wildman–Crippen MR) is 93.5 cm³/mol. The Hall–Kier alpha value is -2.25. The number of hydrazine groups is 1. The Kier molecular flexibility index (Phi) is 4.27. The minimum Gasteiger partial charge on any atom is -0.454 e. The van der Waals surface area contributed by atoms with E-state index in [4.69, 9.17) is 21.1 Å². The van der Waals surface area contributed by atoms with Gasteiger partial charge in [0, 0.05) is 10.4 Å². The number of carbonyl (C=O) groups is 2. The third-order valence-corrected chi connectivity index (χ3v) is 5.72. The number of ether oxygens (including phenoxy) is 2. The van der Waals surface area contributed by atoms with Crippen molar-refractivity contribution >= 4 is 34.8 Å². The van der Waals surface area contributed by atoms with Gasteiger partial charge < -0.3 is 9.47 Å². The Morgan fingerprint density at radius 1 is 1.04 bits per heavy atom. The quantitative estimate of drug-likeness (QED) is 0.787. The molecule has 1 aliphatic heterocycles. The zero-order chi connectivity index (χ0) is 17.4. The molecule has 0 radical (unpaired) electrons. The maximum Gasteiger partial charge on any atom is 0.279 e. The van der Waals surface area contributed by atoms with Crippen molar-refractivity contribution in [2.24, 2.45) is 0 Å². The Morgan fingerprint density at radius 3 is 2.68 bits per heavy atom. The number of fused-ring (bicyclic) bond motifs is 2. The van der Waals surface area contributed by atoms with E-state index in [2.05, 4.69) is 10.9 Å². The fraction of sp³-hybridized carbons (Fsp3) is 0.294. The molecule has 1 aromatic heterocycles. The van der Waals surface area contributed by atoms with Crippen LogP contribution in [0.25, 0.3) is 0 Å². The maximum absolute atomic E-state index is 12.3. The molecule has 6 nitrogen and oxygen atoms in total. The number of halogens is 1. The molecule has 0 unspecified atom stereocenters. The molecule has 0 bridgehead atoms. The first kappa shape index (κ1) is 16.2. The average molecular weight is 379 g/mol. The van der Waals surface area contributed by atoms with E-state index in [0.717, 1.165) is 25.7 Å². The van der Waals surface area contributed by atoms with Gasteiger partial charge in [-0.3, -0.25) is 20.4 Å². The summed E-state index contributed by atoms with van der Waals surface area (Å²) in [7, 11) is 0. The van der Waals surface area contributed by atoms with Gasteiger partial charge >= 0.3 is 0 Å². The Bertz CT molecular complexity index is 841. The van der Waals surface area contributed by atoms with Gasteiger partial charge in [0.15, 0.2) is 11.5 Å². The van der Waals surface area contributed by atoms with Crippen LogP contribution in [-0.2, 0) is 12.8 Å². The highest BCUT2D eigenvalue weighted by atomic mass is 35.5. The van der Waals surface area contributed by atoms with Gasteiger partial charge in [0.25, 0.3) is 11.8 Å². The van der Waals surface area contributed by atoms with Gasteiger partial charge in [-0.2, -0.15) is 0 Å². The molecule has 8 heteroatoms. The maximum atomic E-state index is 12.3. The molecule has 2 N–H and O–H groups in total. The minimum atomic E-state index is -0.477. The van der Waals surface area contributed by atoms with E-state index >= 15 is 0 Å². The second kappa shape index (κ2) is 6.57. The van der Waals surface area contributed by atoms with Crippen molar-refractivity contribution in [1.82, 2.24) is 10.9 Å². The first-order valence-electron chi connectivity index (χ1n) is 7.93. The number of rotatable bonds is 2. The average Bonchev–Trinajstić information content (AvgIpc) is 3.25. The molecule has 1 aromatic carbocycles. The topological polar surface area (TPSA) is 76.7 Å². The van der Waals surface area contributed by atoms with Crippen LogP contribution in [-0.4, -0.2) is 18.6 Å². The number of hydrogen-bond donors (Lipinski definition) is 2. The summed E-state index contributed by atoms with van der Waals surface area (Å²) in [4.78, 5) is 26.4. The van der Waals surface area contributed by atoms with Crippen LogP contribution < -0.4 is 20.3 Å². The van der Waals surface area contributed by atoms with Gasteiger partial charge in [-0.25, -0.2) is 0 Å². The van der Waals surface area contributed by atoms with Crippen LogP contribution in [0.5, 0.6) is 11.5 Å². The molecule has 2 aromatic rings. The molecule has 0 fully saturated rings. The van der Waals surface area contributed by atoms with Crippen LogP contribution in [0.3, 0.4) is 0 Å². The number of amides is 2. The lowest BCUT2D eigenvalue weighted by molar-refractivity contribution is 0.0848. The summed E-state index contributed by atoms with van der Waals surface area (Å²) in [5.74, 6) is 0.0378. The molecule has 1 aliphatic carbocycles.